The highest BCUT2D eigenvalue weighted by Gasteiger charge is 2.41. The van der Waals surface area contributed by atoms with Crippen molar-refractivity contribution in [3.63, 3.8) is 0 Å². The molecule has 2 heterocycles. The molecule has 4 nitrogen and oxygen atoms in total. The molecule has 1 atom stereocenters. The lowest BCUT2D eigenvalue weighted by Crippen LogP contribution is -2.47. The molecule has 1 aromatic rings. The van der Waals surface area contributed by atoms with E-state index in [4.69, 9.17) is 0 Å². The van der Waals surface area contributed by atoms with Crippen molar-refractivity contribution < 1.29 is 4.79 Å². The van der Waals surface area contributed by atoms with Crippen molar-refractivity contribution in [2.45, 2.75) is 19.3 Å². The summed E-state index contributed by atoms with van der Waals surface area (Å²) in [6, 6.07) is 7.80. The van der Waals surface area contributed by atoms with Gasteiger partial charge in [-0.15, -0.1) is 6.58 Å². The van der Waals surface area contributed by atoms with E-state index in [2.05, 4.69) is 28.7 Å². The average molecular weight is 313 g/mol. The standard InChI is InChI=1S/C19H27N3O/c1-3-11-20-17-8-5-4-7-16(17)18(23)22-12-6-9-19(15-22)10-13-21(2)14-19/h3-5,7-8,20H,1,6,9-15H2,2H3. The molecule has 0 radical (unpaired) electrons. The molecular formula is C19H27N3O. The third kappa shape index (κ3) is 3.42. The molecule has 1 N–H and O–H groups in total. The van der Waals surface area contributed by atoms with E-state index in [1.165, 1.54) is 12.8 Å². The molecule has 4 heteroatoms. The number of nitrogens with zero attached hydrogens (tertiary/aromatic N) is 2. The van der Waals surface area contributed by atoms with Gasteiger partial charge in [-0.25, -0.2) is 0 Å². The highest BCUT2D eigenvalue weighted by atomic mass is 16.2. The van der Waals surface area contributed by atoms with Gasteiger partial charge in [-0.05, 0) is 45.0 Å². The molecule has 1 unspecified atom stereocenters. The van der Waals surface area contributed by atoms with Crippen LogP contribution >= 0.6 is 0 Å². The predicted molar refractivity (Wildman–Crippen MR) is 94.8 cm³/mol. The summed E-state index contributed by atoms with van der Waals surface area (Å²) in [5.41, 5.74) is 1.99. The summed E-state index contributed by atoms with van der Waals surface area (Å²) >= 11 is 0. The van der Waals surface area contributed by atoms with E-state index in [0.29, 0.717) is 12.0 Å². The van der Waals surface area contributed by atoms with E-state index in [0.717, 1.165) is 43.9 Å². The van der Waals surface area contributed by atoms with Crippen molar-refractivity contribution >= 4 is 11.6 Å². The Balaban J connectivity index is 1.76. The first-order chi connectivity index (χ1) is 11.1. The molecule has 23 heavy (non-hydrogen) atoms. The maximum absolute atomic E-state index is 13.1. The zero-order valence-corrected chi connectivity index (χ0v) is 14.1. The fourth-order valence-electron chi connectivity index (χ4n) is 4.05. The number of hydrogen-bond donors (Lipinski definition) is 1. The number of anilines is 1. The van der Waals surface area contributed by atoms with Crippen molar-refractivity contribution in [1.82, 2.24) is 9.80 Å². The number of likely N-dealkylation sites (tertiary alicyclic amines) is 2. The van der Waals surface area contributed by atoms with Crippen molar-refractivity contribution in [2.24, 2.45) is 5.41 Å². The molecule has 0 aliphatic carbocycles. The maximum Gasteiger partial charge on any atom is 0.255 e. The number of para-hydroxylation sites is 1. The number of benzene rings is 1. The Morgan fingerprint density at radius 3 is 2.87 bits per heavy atom. The SMILES string of the molecule is C=CCNc1ccccc1C(=O)N1CCCC2(CCN(C)C2)C1. The van der Waals surface area contributed by atoms with Crippen LogP contribution in [0.2, 0.25) is 0 Å². The average Bonchev–Trinajstić information content (AvgIpc) is 2.92. The third-order valence-electron chi connectivity index (χ3n) is 5.17. The van der Waals surface area contributed by atoms with E-state index < -0.39 is 0 Å². The number of amides is 1. The van der Waals surface area contributed by atoms with Crippen LogP contribution in [0.15, 0.2) is 36.9 Å². The number of carbonyl (C=O) groups is 1. The lowest BCUT2D eigenvalue weighted by atomic mass is 9.79. The summed E-state index contributed by atoms with van der Waals surface area (Å²) in [7, 11) is 2.18. The van der Waals surface area contributed by atoms with Gasteiger partial charge in [0.15, 0.2) is 0 Å². The van der Waals surface area contributed by atoms with Gasteiger partial charge in [-0.2, -0.15) is 0 Å². The lowest BCUT2D eigenvalue weighted by Gasteiger charge is -2.40. The molecule has 1 aromatic carbocycles. The fourth-order valence-corrected chi connectivity index (χ4v) is 4.05. The van der Waals surface area contributed by atoms with Crippen molar-refractivity contribution in [3.05, 3.63) is 42.5 Å². The first-order valence-corrected chi connectivity index (χ1v) is 8.55. The Hall–Kier alpha value is -1.81. The first-order valence-electron chi connectivity index (χ1n) is 8.55. The monoisotopic (exact) mass is 313 g/mol. The highest BCUT2D eigenvalue weighted by Crippen LogP contribution is 2.39. The van der Waals surface area contributed by atoms with Gasteiger partial charge in [-0.3, -0.25) is 4.79 Å². The van der Waals surface area contributed by atoms with Crippen LogP contribution in [0.3, 0.4) is 0 Å². The molecule has 0 bridgehead atoms. The predicted octanol–water partition coefficient (Wildman–Crippen LogP) is 2.84. The Bertz CT molecular complexity index is 582. The molecule has 2 aliphatic rings. The first kappa shape index (κ1) is 16.1. The molecular weight excluding hydrogens is 286 g/mol. The molecule has 2 fully saturated rings. The van der Waals surface area contributed by atoms with Gasteiger partial charge >= 0.3 is 0 Å². The van der Waals surface area contributed by atoms with Gasteiger partial charge in [-0.1, -0.05) is 18.2 Å². The van der Waals surface area contributed by atoms with E-state index in [1.54, 1.807) is 0 Å². The van der Waals surface area contributed by atoms with Gasteiger partial charge in [0.25, 0.3) is 5.91 Å². The summed E-state index contributed by atoms with van der Waals surface area (Å²) in [4.78, 5) is 17.5. The summed E-state index contributed by atoms with van der Waals surface area (Å²) in [6.45, 7) is 8.44. The fraction of sp³-hybridized carbons (Fsp3) is 0.526. The number of carbonyl (C=O) groups excluding carboxylic acids is 1. The largest absolute Gasteiger partial charge is 0.381 e. The minimum absolute atomic E-state index is 0.158. The Labute approximate surface area is 139 Å². The maximum atomic E-state index is 13.1. The minimum Gasteiger partial charge on any atom is -0.381 e. The number of hydrogen-bond acceptors (Lipinski definition) is 3. The number of rotatable bonds is 4. The van der Waals surface area contributed by atoms with Crippen LogP contribution in [0.5, 0.6) is 0 Å². The lowest BCUT2D eigenvalue weighted by molar-refractivity contribution is 0.0535. The Morgan fingerprint density at radius 2 is 2.13 bits per heavy atom. The van der Waals surface area contributed by atoms with Crippen LogP contribution in [-0.2, 0) is 0 Å². The van der Waals surface area contributed by atoms with Gasteiger partial charge in [0.05, 0.1) is 5.56 Å². The summed E-state index contributed by atoms with van der Waals surface area (Å²) in [6.07, 6.45) is 5.38. The topological polar surface area (TPSA) is 35.6 Å². The van der Waals surface area contributed by atoms with Gasteiger partial charge < -0.3 is 15.1 Å². The normalized spacial score (nSPS) is 24.8. The van der Waals surface area contributed by atoms with Crippen molar-refractivity contribution in [1.29, 1.82) is 0 Å². The highest BCUT2D eigenvalue weighted by molar-refractivity contribution is 5.99. The second kappa shape index (κ2) is 6.75. The van der Waals surface area contributed by atoms with Gasteiger partial charge in [0.2, 0.25) is 0 Å². The molecule has 1 amide bonds. The Kier molecular flexibility index (Phi) is 4.71. The van der Waals surface area contributed by atoms with E-state index >= 15 is 0 Å². The van der Waals surface area contributed by atoms with Crippen LogP contribution in [0.25, 0.3) is 0 Å². The van der Waals surface area contributed by atoms with Crippen molar-refractivity contribution in [3.8, 4) is 0 Å². The third-order valence-corrected chi connectivity index (χ3v) is 5.17. The smallest absolute Gasteiger partial charge is 0.255 e. The van der Waals surface area contributed by atoms with E-state index in [9.17, 15) is 4.79 Å². The van der Waals surface area contributed by atoms with Crippen LogP contribution in [0, 0.1) is 5.41 Å². The zero-order chi connectivity index (χ0) is 16.3. The van der Waals surface area contributed by atoms with Crippen molar-refractivity contribution in [2.75, 3.05) is 45.1 Å². The second-order valence-electron chi connectivity index (χ2n) is 7.03. The van der Waals surface area contributed by atoms with Crippen LogP contribution in [0.4, 0.5) is 5.69 Å². The van der Waals surface area contributed by atoms with Crippen LogP contribution < -0.4 is 5.32 Å². The van der Waals surface area contributed by atoms with Gasteiger partial charge in [0.1, 0.15) is 0 Å². The van der Waals surface area contributed by atoms with Gasteiger partial charge in [0, 0.05) is 37.3 Å². The second-order valence-corrected chi connectivity index (χ2v) is 7.03. The summed E-state index contributed by atoms with van der Waals surface area (Å²) in [5.74, 6) is 0.158. The molecule has 2 aliphatic heterocycles. The minimum atomic E-state index is 0.158. The quantitative estimate of drug-likeness (QED) is 0.868. The summed E-state index contributed by atoms with van der Waals surface area (Å²) in [5, 5.41) is 3.28. The summed E-state index contributed by atoms with van der Waals surface area (Å²) < 4.78 is 0. The molecule has 0 aromatic heterocycles. The Morgan fingerprint density at radius 1 is 1.30 bits per heavy atom. The number of nitrogens with one attached hydrogen (secondary N) is 1. The van der Waals surface area contributed by atoms with E-state index in [1.807, 2.05) is 30.3 Å². The molecule has 0 saturated carbocycles. The molecule has 3 rings (SSSR count). The molecule has 124 valence electrons. The zero-order valence-electron chi connectivity index (χ0n) is 14.1. The number of piperidine rings is 1. The van der Waals surface area contributed by atoms with Crippen LogP contribution in [0.1, 0.15) is 29.6 Å². The molecule has 2 saturated heterocycles. The van der Waals surface area contributed by atoms with E-state index in [-0.39, 0.29) is 5.91 Å². The molecule has 1 spiro atoms. The van der Waals surface area contributed by atoms with Crippen LogP contribution in [-0.4, -0.2) is 55.5 Å².